The maximum absolute atomic E-state index is 10.1. The van der Waals surface area contributed by atoms with E-state index in [1.54, 1.807) is 6.07 Å². The van der Waals surface area contributed by atoms with Gasteiger partial charge in [-0.3, -0.25) is 4.90 Å². The Morgan fingerprint density at radius 2 is 2.27 bits per heavy atom. The maximum atomic E-state index is 10.1. The number of benzene rings is 1. The van der Waals surface area contributed by atoms with Crippen molar-refractivity contribution in [3.8, 4) is 5.75 Å². The lowest BCUT2D eigenvalue weighted by molar-refractivity contribution is 0.242. The number of phenolic OH excluding ortho intramolecular Hbond substituents is 1. The number of rotatable bonds is 4. The molecule has 0 bridgehead atoms. The van der Waals surface area contributed by atoms with Crippen molar-refractivity contribution in [3.63, 3.8) is 0 Å². The van der Waals surface area contributed by atoms with Crippen molar-refractivity contribution in [1.29, 1.82) is 0 Å². The average molecular weight is 365 g/mol. The molecule has 0 saturated carbocycles. The van der Waals surface area contributed by atoms with Crippen LogP contribution in [0.5, 0.6) is 5.75 Å². The number of aromatic nitrogens is 1. The monoisotopic (exact) mass is 364 g/mol. The van der Waals surface area contributed by atoms with Crippen molar-refractivity contribution < 1.29 is 9.63 Å². The molecule has 2 aromatic rings. The summed E-state index contributed by atoms with van der Waals surface area (Å²) in [6, 6.07) is 5.93. The third kappa shape index (κ3) is 2.92. The number of aryl methyl sites for hydroxylation is 2. The summed E-state index contributed by atoms with van der Waals surface area (Å²) in [5.74, 6) is 1.35. The summed E-state index contributed by atoms with van der Waals surface area (Å²) < 4.78 is 6.46. The van der Waals surface area contributed by atoms with E-state index in [1.807, 2.05) is 19.1 Å². The second-order valence-electron chi connectivity index (χ2n) is 5.86. The predicted molar refractivity (Wildman–Crippen MR) is 88.8 cm³/mol. The van der Waals surface area contributed by atoms with Crippen LogP contribution in [-0.2, 0) is 13.0 Å². The molecule has 1 fully saturated rings. The van der Waals surface area contributed by atoms with Crippen LogP contribution in [0, 0.1) is 6.92 Å². The van der Waals surface area contributed by atoms with Gasteiger partial charge in [0.15, 0.2) is 0 Å². The molecule has 0 aliphatic carbocycles. The Morgan fingerprint density at radius 1 is 1.45 bits per heavy atom. The van der Waals surface area contributed by atoms with E-state index in [0.29, 0.717) is 11.8 Å². The molecule has 22 heavy (non-hydrogen) atoms. The highest BCUT2D eigenvalue weighted by Gasteiger charge is 2.31. The lowest BCUT2D eigenvalue weighted by Crippen LogP contribution is -2.23. The molecule has 1 N–H and O–H groups in total. The number of aromatic hydroxyl groups is 1. The van der Waals surface area contributed by atoms with Crippen molar-refractivity contribution in [2.75, 3.05) is 6.54 Å². The van der Waals surface area contributed by atoms with Crippen molar-refractivity contribution >= 4 is 15.9 Å². The summed E-state index contributed by atoms with van der Waals surface area (Å²) in [5, 5.41) is 14.2. The third-order valence-electron chi connectivity index (χ3n) is 4.42. The van der Waals surface area contributed by atoms with Gasteiger partial charge in [0.1, 0.15) is 11.5 Å². The van der Waals surface area contributed by atoms with Crippen LogP contribution in [0.25, 0.3) is 0 Å². The van der Waals surface area contributed by atoms with Gasteiger partial charge in [0, 0.05) is 34.6 Å². The van der Waals surface area contributed by atoms with Gasteiger partial charge in [-0.1, -0.05) is 28.0 Å². The normalized spacial score (nSPS) is 19.0. The molecule has 1 aliphatic heterocycles. The second kappa shape index (κ2) is 6.42. The van der Waals surface area contributed by atoms with Crippen molar-refractivity contribution in [2.45, 2.75) is 45.7 Å². The van der Waals surface area contributed by atoms with E-state index in [1.165, 1.54) is 5.56 Å². The van der Waals surface area contributed by atoms with E-state index in [2.05, 4.69) is 32.9 Å². The van der Waals surface area contributed by atoms with Crippen LogP contribution in [0.15, 0.2) is 27.2 Å². The molecule has 1 saturated heterocycles. The molecular weight excluding hydrogens is 344 g/mol. The molecule has 1 aromatic carbocycles. The fraction of sp³-hybridized carbons (Fsp3) is 0.471. The Balaban J connectivity index is 1.87. The fourth-order valence-electron chi connectivity index (χ4n) is 3.35. The molecule has 0 amide bonds. The van der Waals surface area contributed by atoms with Crippen molar-refractivity contribution in [3.05, 3.63) is 45.3 Å². The van der Waals surface area contributed by atoms with E-state index in [-0.39, 0.29) is 0 Å². The second-order valence-corrected chi connectivity index (χ2v) is 6.78. The third-order valence-corrected chi connectivity index (χ3v) is 4.91. The fourth-order valence-corrected chi connectivity index (χ4v) is 3.76. The first-order valence-electron chi connectivity index (χ1n) is 7.76. The lowest BCUT2D eigenvalue weighted by Gasteiger charge is -2.25. The minimum atomic E-state index is 0.333. The van der Waals surface area contributed by atoms with Crippen molar-refractivity contribution in [1.82, 2.24) is 10.1 Å². The number of halogens is 1. The van der Waals surface area contributed by atoms with Crippen LogP contribution in [0.4, 0.5) is 0 Å². The Morgan fingerprint density at radius 3 is 3.05 bits per heavy atom. The quantitative estimate of drug-likeness (QED) is 0.875. The molecule has 118 valence electrons. The van der Waals surface area contributed by atoms with Crippen molar-refractivity contribution in [2.24, 2.45) is 0 Å². The standard InChI is InChI=1S/C17H21BrN2O2/c1-3-16-17(11(2)19-22-16)14-5-4-8-20(14)10-12-9-13(18)6-7-15(12)21/h6-7,9,14,21H,3-5,8,10H2,1-2H3. The maximum Gasteiger partial charge on any atom is 0.141 e. The Labute approximate surface area is 139 Å². The van der Waals surface area contributed by atoms with E-state index >= 15 is 0 Å². The zero-order valence-corrected chi connectivity index (χ0v) is 14.6. The number of hydrogen-bond acceptors (Lipinski definition) is 4. The molecular formula is C17H21BrN2O2. The van der Waals surface area contributed by atoms with Crippen LogP contribution in [0.1, 0.15) is 48.4 Å². The van der Waals surface area contributed by atoms with E-state index < -0.39 is 0 Å². The van der Waals surface area contributed by atoms with Gasteiger partial charge in [0.2, 0.25) is 0 Å². The Kier molecular flexibility index (Phi) is 4.54. The minimum absolute atomic E-state index is 0.333. The minimum Gasteiger partial charge on any atom is -0.508 e. The average Bonchev–Trinajstić information content (AvgIpc) is 3.08. The molecule has 1 unspecified atom stereocenters. The predicted octanol–water partition coefficient (Wildman–Crippen LogP) is 4.35. The smallest absolute Gasteiger partial charge is 0.141 e. The Hall–Kier alpha value is -1.33. The largest absolute Gasteiger partial charge is 0.508 e. The highest BCUT2D eigenvalue weighted by Crippen LogP contribution is 2.38. The summed E-state index contributed by atoms with van der Waals surface area (Å²) in [4.78, 5) is 2.42. The SMILES string of the molecule is CCc1onc(C)c1C1CCCN1Cc1cc(Br)ccc1O. The van der Waals surface area contributed by atoms with Gasteiger partial charge in [-0.2, -0.15) is 0 Å². The first-order valence-corrected chi connectivity index (χ1v) is 8.56. The van der Waals surface area contributed by atoms with E-state index in [0.717, 1.165) is 53.8 Å². The number of nitrogens with zero attached hydrogens (tertiary/aromatic N) is 2. The number of likely N-dealkylation sites (tertiary alicyclic amines) is 1. The van der Waals surface area contributed by atoms with Gasteiger partial charge in [-0.25, -0.2) is 0 Å². The lowest BCUT2D eigenvalue weighted by atomic mass is 10.0. The number of hydrogen-bond donors (Lipinski definition) is 1. The van der Waals surface area contributed by atoms with Crippen LogP contribution >= 0.6 is 15.9 Å². The Bertz CT molecular complexity index is 669. The van der Waals surface area contributed by atoms with Crippen LogP contribution in [0.3, 0.4) is 0 Å². The van der Waals surface area contributed by atoms with Gasteiger partial charge >= 0.3 is 0 Å². The summed E-state index contributed by atoms with van der Waals surface area (Å²) in [6.45, 7) is 5.89. The zero-order valence-electron chi connectivity index (χ0n) is 13.0. The first kappa shape index (κ1) is 15.6. The van der Waals surface area contributed by atoms with Gasteiger partial charge in [0.05, 0.1) is 5.69 Å². The first-order chi connectivity index (χ1) is 10.6. The highest BCUT2D eigenvalue weighted by molar-refractivity contribution is 9.10. The summed E-state index contributed by atoms with van der Waals surface area (Å²) >= 11 is 3.48. The van der Waals surface area contributed by atoms with Gasteiger partial charge in [0.25, 0.3) is 0 Å². The van der Waals surface area contributed by atoms with Crippen LogP contribution in [0.2, 0.25) is 0 Å². The number of phenols is 1. The van der Waals surface area contributed by atoms with Gasteiger partial charge in [-0.15, -0.1) is 0 Å². The molecule has 1 atom stereocenters. The molecule has 4 nitrogen and oxygen atoms in total. The van der Waals surface area contributed by atoms with Gasteiger partial charge in [-0.05, 0) is 44.5 Å². The summed E-state index contributed by atoms with van der Waals surface area (Å²) in [7, 11) is 0. The molecule has 0 spiro atoms. The molecule has 5 heteroatoms. The van der Waals surface area contributed by atoms with Gasteiger partial charge < -0.3 is 9.63 Å². The topological polar surface area (TPSA) is 49.5 Å². The summed E-state index contributed by atoms with van der Waals surface area (Å²) in [6.07, 6.45) is 3.14. The van der Waals surface area contributed by atoms with E-state index in [9.17, 15) is 5.11 Å². The van der Waals surface area contributed by atoms with E-state index in [4.69, 9.17) is 4.52 Å². The van der Waals surface area contributed by atoms with Crippen LogP contribution < -0.4 is 0 Å². The molecule has 1 aliphatic rings. The molecule has 2 heterocycles. The molecule has 3 rings (SSSR count). The van der Waals surface area contributed by atoms with Crippen LogP contribution in [-0.4, -0.2) is 21.7 Å². The molecule has 1 aromatic heterocycles. The highest BCUT2D eigenvalue weighted by atomic mass is 79.9. The molecule has 0 radical (unpaired) electrons. The summed E-state index contributed by atoms with van der Waals surface area (Å²) in [5.41, 5.74) is 3.19. The zero-order chi connectivity index (χ0) is 15.7.